The molecule has 0 spiro atoms. The molecule has 8 aliphatic carbocycles. The van der Waals surface area contributed by atoms with Crippen LogP contribution < -0.4 is 21.3 Å². The van der Waals surface area contributed by atoms with E-state index >= 15 is 0 Å². The summed E-state index contributed by atoms with van der Waals surface area (Å²) in [5.41, 5.74) is 28.6. The molecular weight excluding hydrogens is 1680 g/mol. The number of amides is 4. The quantitative estimate of drug-likeness (QED) is 0.0237. The Hall–Kier alpha value is -12.7. The second-order valence-corrected chi connectivity index (χ2v) is 38.3. The number of carbonyl (C=O) groups is 4. The number of carbonyl (C=O) groups excluding carboxylic acids is 4. The number of hydrogen-bond acceptors (Lipinski definition) is 16. The van der Waals surface area contributed by atoms with E-state index < -0.39 is 0 Å². The van der Waals surface area contributed by atoms with Crippen LogP contribution >= 0.6 is 0 Å². The van der Waals surface area contributed by atoms with Crippen molar-refractivity contribution >= 4 is 57.7 Å². The highest BCUT2D eigenvalue weighted by atomic mass is 16.3. The molecule has 4 aromatic heterocycles. The molecule has 9 aromatic carbocycles. The maximum Gasteiger partial charge on any atom is 0.229 e. The van der Waals surface area contributed by atoms with Crippen molar-refractivity contribution in [1.82, 2.24) is 39.9 Å². The van der Waals surface area contributed by atoms with Gasteiger partial charge in [-0.1, -0.05) is 309 Å². The molecule has 4 fully saturated rings. The summed E-state index contributed by atoms with van der Waals surface area (Å²) in [6, 6.07) is 69.0. The molecule has 8 N–H and O–H groups in total. The average molecular weight is 1800 g/mol. The molecule has 20 nitrogen and oxygen atoms in total. The summed E-state index contributed by atoms with van der Waals surface area (Å²) in [7, 11) is 0. The third kappa shape index (κ3) is 23.6. The van der Waals surface area contributed by atoms with Crippen LogP contribution in [-0.4, -0.2) is 83.9 Å². The van der Waals surface area contributed by atoms with Gasteiger partial charge in [0.1, 0.15) is 0 Å². The summed E-state index contributed by atoms with van der Waals surface area (Å²) in [5.74, 6) is 4.87. The van der Waals surface area contributed by atoms with Crippen molar-refractivity contribution in [2.24, 2.45) is 23.7 Å². The second-order valence-electron chi connectivity index (χ2n) is 38.3. The monoisotopic (exact) mass is 1800 g/mol. The maximum atomic E-state index is 13.1. The lowest BCUT2D eigenvalue weighted by atomic mass is 9.90. The lowest BCUT2D eigenvalue weighted by Gasteiger charge is -2.22. The number of aliphatic hydroxyl groups is 4. The first-order valence-electron chi connectivity index (χ1n) is 49.5. The summed E-state index contributed by atoms with van der Waals surface area (Å²) in [4.78, 5) is 91.9. The first-order chi connectivity index (χ1) is 66.2. The topological polar surface area (TPSA) is 300 Å². The zero-order chi connectivity index (χ0) is 92.4. The zero-order valence-electron chi connectivity index (χ0n) is 77.5. The highest BCUT2D eigenvalue weighted by molar-refractivity contribution is 5.95. The molecule has 0 radical (unpaired) electrons. The van der Waals surface area contributed by atoms with Gasteiger partial charge >= 0.3 is 0 Å². The van der Waals surface area contributed by atoms with Crippen molar-refractivity contribution in [3.63, 3.8) is 0 Å². The highest BCUT2D eigenvalue weighted by Gasteiger charge is 2.32. The van der Waals surface area contributed by atoms with Crippen molar-refractivity contribution in [2.45, 2.75) is 251 Å². The summed E-state index contributed by atoms with van der Waals surface area (Å²) < 4.78 is 0. The Balaban J connectivity index is 0.000000120. The Morgan fingerprint density at radius 2 is 0.556 bits per heavy atom. The first-order valence-corrected chi connectivity index (χ1v) is 49.5. The molecule has 0 unspecified atom stereocenters. The number of aryl methyl sites for hydroxylation is 10. The largest absolute Gasteiger partial charge is 0.392 e. The number of fused-ring (bicyclic) bond motifs is 13. The summed E-state index contributed by atoms with van der Waals surface area (Å²) in [6.45, 7) is 0.187. The van der Waals surface area contributed by atoms with Crippen molar-refractivity contribution in [1.29, 1.82) is 0 Å². The van der Waals surface area contributed by atoms with E-state index in [2.05, 4.69) is 118 Å². The fourth-order valence-corrected chi connectivity index (χ4v) is 21.3. The van der Waals surface area contributed by atoms with Gasteiger partial charge in [-0.25, -0.2) is 39.9 Å². The number of nitrogens with one attached hydrogen (secondary N) is 4. The van der Waals surface area contributed by atoms with Gasteiger partial charge in [0.2, 0.25) is 23.6 Å². The van der Waals surface area contributed by atoms with Crippen LogP contribution in [0.2, 0.25) is 0 Å². The van der Waals surface area contributed by atoms with Crippen molar-refractivity contribution in [2.75, 3.05) is 21.3 Å². The van der Waals surface area contributed by atoms with E-state index in [1.807, 2.05) is 109 Å². The summed E-state index contributed by atoms with van der Waals surface area (Å²) in [6.07, 6.45) is 33.9. The van der Waals surface area contributed by atoms with Crippen LogP contribution in [0.1, 0.15) is 234 Å². The Morgan fingerprint density at radius 3 is 0.896 bits per heavy atom. The van der Waals surface area contributed by atoms with E-state index in [9.17, 15) is 39.6 Å². The lowest BCUT2D eigenvalue weighted by Crippen LogP contribution is -2.20. The predicted molar refractivity (Wildman–Crippen MR) is 532 cm³/mol. The molecule has 20 heteroatoms. The van der Waals surface area contributed by atoms with Crippen LogP contribution in [0.15, 0.2) is 206 Å². The average Bonchev–Trinajstić information content (AvgIpc) is 1.09. The number of rotatable bonds is 27. The predicted octanol–water partition coefficient (Wildman–Crippen LogP) is 20.9. The fraction of sp³-hybridized carbons (Fsp3) is 0.374. The Labute approximate surface area is 792 Å². The third-order valence-electron chi connectivity index (χ3n) is 28.6. The molecule has 21 rings (SSSR count). The molecule has 135 heavy (non-hydrogen) atoms. The number of nitrogens with zero attached hydrogens (tertiary/aromatic N) is 8. The van der Waals surface area contributed by atoms with E-state index in [0.29, 0.717) is 79.0 Å². The van der Waals surface area contributed by atoms with Crippen LogP contribution in [0.25, 0.3) is 55.8 Å². The molecule has 692 valence electrons. The van der Waals surface area contributed by atoms with Crippen LogP contribution in [0.5, 0.6) is 0 Å². The van der Waals surface area contributed by atoms with E-state index in [0.717, 1.165) is 225 Å². The van der Waals surface area contributed by atoms with Gasteiger partial charge in [-0.05, 0) is 198 Å². The van der Waals surface area contributed by atoms with Crippen molar-refractivity contribution < 1.29 is 39.6 Å². The van der Waals surface area contributed by atoms with E-state index in [1.54, 1.807) is 0 Å². The minimum Gasteiger partial charge on any atom is -0.392 e. The van der Waals surface area contributed by atoms with Crippen molar-refractivity contribution in [3.8, 4) is 45.0 Å². The van der Waals surface area contributed by atoms with Crippen LogP contribution in [0, 0.1) is 23.7 Å². The molecule has 0 saturated heterocycles. The summed E-state index contributed by atoms with van der Waals surface area (Å²) in [5, 5.41) is 52.8. The van der Waals surface area contributed by atoms with Gasteiger partial charge in [0, 0.05) is 35.1 Å². The fourth-order valence-electron chi connectivity index (χ4n) is 21.3. The Bertz CT molecular complexity index is 6380. The zero-order valence-corrected chi connectivity index (χ0v) is 77.5. The van der Waals surface area contributed by atoms with Gasteiger partial charge in [-0.3, -0.25) is 19.2 Å². The molecule has 8 aliphatic rings. The molecular formula is C115H124N12O8. The standard InChI is InChI=1S/C31H31N3O2.C29H33N3O2.C28H31N3O2.C27H29N3O2/c35-19-22-10-13-26-25(16-22)12-14-27-30(26)32-28(17-20-5-1-2-6-20)31(33-27)34-29(36)18-21-9-11-23-7-3-4-8-24(23)15-21;33-19-22-13-15-24-23(17-22)14-16-25-28(24)30-26(18-21-9-4-5-10-21)29(31-25)32-27(34)12-6-11-20-7-2-1-3-8-20;32-18-21-10-13-23-22(16-21)12-14-24-27(23)29-25(17-20-8-4-5-9-20)28(30-24)31-26(33)15-11-19-6-2-1-3-7-19;31-17-20-10-12-22-21(14-20)11-13-23-26(22)28-24(15-18-8-4-5-9-18)27(29-23)30-25(32)16-19-6-2-1-3-7-19/h3-4,7-11,13,15-16,20,35H,1-2,5-6,12,14,17-19H2,(H,33,34,36);1-3,7-8,13,15,17,21,33H,4-6,9-12,14,16,18-19H2,(H,31,32,34);1-3,6-7,10,13,16,20,32H,4-5,8-9,11-12,14-15,17-18H2,(H,30,31,33);1-3,6-7,10,12,14,18,31H,4-5,8-9,11,13,15-17H2,(H,29,30,32). The van der Waals surface area contributed by atoms with Gasteiger partial charge in [0.15, 0.2) is 23.3 Å². The second kappa shape index (κ2) is 44.6. The van der Waals surface area contributed by atoms with Crippen LogP contribution in [-0.2, 0) is 148 Å². The van der Waals surface area contributed by atoms with E-state index in [1.165, 1.54) is 136 Å². The lowest BCUT2D eigenvalue weighted by molar-refractivity contribution is -0.117. The summed E-state index contributed by atoms with van der Waals surface area (Å²) >= 11 is 0. The number of aromatic nitrogens is 8. The van der Waals surface area contributed by atoms with Gasteiger partial charge in [-0.2, -0.15) is 0 Å². The molecule has 4 amide bonds. The number of anilines is 4. The SMILES string of the molecule is O=C(CCCc1ccccc1)Nc1nc2c(nc1CC1CCCC1)-c1ccc(CO)cc1CC2.O=C(CCc1ccccc1)Nc1nc2c(nc1CC1CCCC1)-c1ccc(CO)cc1CC2.O=C(Cc1ccc2ccccc2c1)Nc1nc2c(nc1CC1CCCC1)-c1ccc(CO)cc1CC2.O=C(Cc1ccccc1)Nc1nc2c(nc1CC1CCCC1)-c1ccc(CO)cc1CC2. The van der Waals surface area contributed by atoms with Crippen LogP contribution in [0.4, 0.5) is 23.3 Å². The number of aliphatic hydroxyl groups excluding tert-OH is 4. The molecule has 0 bridgehead atoms. The van der Waals surface area contributed by atoms with Gasteiger partial charge in [-0.15, -0.1) is 0 Å². The Morgan fingerprint density at radius 1 is 0.267 bits per heavy atom. The molecule has 0 aliphatic heterocycles. The number of hydrogen-bond donors (Lipinski definition) is 8. The third-order valence-corrected chi connectivity index (χ3v) is 28.6. The molecule has 13 aromatic rings. The minimum absolute atomic E-state index is 0.00966. The minimum atomic E-state index is -0.0593. The van der Waals surface area contributed by atoms with E-state index in [4.69, 9.17) is 39.9 Å². The first kappa shape index (κ1) is 92.7. The smallest absolute Gasteiger partial charge is 0.229 e. The number of benzene rings is 9. The molecule has 4 heterocycles. The van der Waals surface area contributed by atoms with Gasteiger partial charge in [0.25, 0.3) is 0 Å². The van der Waals surface area contributed by atoms with Gasteiger partial charge in [0.05, 0.1) is 108 Å². The normalized spacial score (nSPS) is 15.1. The Kier molecular flexibility index (Phi) is 30.7. The molecule has 4 saturated carbocycles. The van der Waals surface area contributed by atoms with Gasteiger partial charge < -0.3 is 41.7 Å². The maximum absolute atomic E-state index is 13.1. The van der Waals surface area contributed by atoms with E-state index in [-0.39, 0.29) is 50.1 Å². The highest BCUT2D eigenvalue weighted by Crippen LogP contribution is 2.43. The molecule has 0 atom stereocenters. The van der Waals surface area contributed by atoms with Crippen molar-refractivity contribution in [3.05, 3.63) is 319 Å². The van der Waals surface area contributed by atoms with Crippen LogP contribution in [0.3, 0.4) is 0 Å².